The molecule has 0 spiro atoms. The molecule has 0 amide bonds. The fourth-order valence-electron chi connectivity index (χ4n) is 3.37. The molecule has 0 saturated carbocycles. The van der Waals surface area contributed by atoms with Gasteiger partial charge in [-0.05, 0) is 30.0 Å². The average molecular weight is 643 g/mol. The van der Waals surface area contributed by atoms with E-state index in [1.807, 2.05) is 97.2 Å². The Labute approximate surface area is 217 Å². The van der Waals surface area contributed by atoms with Crippen molar-refractivity contribution in [2.45, 2.75) is 14.9 Å². The van der Waals surface area contributed by atoms with Crippen LogP contribution in [0, 0.1) is 6.07 Å². The Kier molecular flexibility index (Phi) is 7.66. The van der Waals surface area contributed by atoms with Crippen LogP contribution in [0.3, 0.4) is 0 Å². The molecule has 5 rings (SSSR count). The molecule has 6 heteroatoms. The van der Waals surface area contributed by atoms with Gasteiger partial charge in [0.15, 0.2) is 0 Å². The first kappa shape index (κ1) is 23.3. The zero-order valence-corrected chi connectivity index (χ0v) is 21.2. The normalized spacial score (nSPS) is 10.4. The van der Waals surface area contributed by atoms with E-state index in [0.717, 1.165) is 48.6 Å². The molecule has 0 atom stereocenters. The second-order valence-corrected chi connectivity index (χ2v) is 8.49. The smallest absolute Gasteiger partial charge is 0.787 e. The number of pyridine rings is 3. The third-order valence-corrected chi connectivity index (χ3v) is 6.11. The first-order valence-corrected chi connectivity index (χ1v) is 11.3. The van der Waals surface area contributed by atoms with Crippen LogP contribution in [0.1, 0.15) is 0 Å². The summed E-state index contributed by atoms with van der Waals surface area (Å²) in [5.74, 6) is 0. The number of benzene rings is 2. The van der Waals surface area contributed by atoms with E-state index < -0.39 is 0 Å². The van der Waals surface area contributed by atoms with Gasteiger partial charge in [-0.3, -0.25) is 4.98 Å². The van der Waals surface area contributed by atoms with Crippen LogP contribution in [0.2, 0.25) is 0 Å². The largest absolute Gasteiger partial charge is 2.00 e. The minimum Gasteiger partial charge on any atom is -0.787 e. The quantitative estimate of drug-likeness (QED) is 0.157. The molecule has 0 bridgehead atoms. The predicted molar refractivity (Wildman–Crippen MR) is 131 cm³/mol. The van der Waals surface area contributed by atoms with E-state index >= 15 is 0 Å². The number of aromatic nitrogens is 3. The Balaban J connectivity index is 0.00000259. The Hall–Kier alpha value is -2.85. The number of hydrogen-bond acceptors (Lipinski definition) is 5. The summed E-state index contributed by atoms with van der Waals surface area (Å²) in [5.41, 5.74) is 5.32. The van der Waals surface area contributed by atoms with Gasteiger partial charge in [-0.1, -0.05) is 101 Å². The molecule has 162 valence electrons. The second-order valence-electron chi connectivity index (χ2n) is 7.01. The average Bonchev–Trinajstić information content (AvgIpc) is 2.85. The van der Waals surface area contributed by atoms with Crippen molar-refractivity contribution in [3.05, 3.63) is 109 Å². The first-order valence-electron chi connectivity index (χ1n) is 10.1. The molecule has 0 radical (unpaired) electrons. The minimum atomic E-state index is 0. The molecule has 2 aromatic carbocycles. The van der Waals surface area contributed by atoms with Gasteiger partial charge in [-0.2, -0.15) is 0 Å². The van der Waals surface area contributed by atoms with E-state index in [-0.39, 0.29) is 21.1 Å². The molecule has 3 nitrogen and oxygen atoms in total. The molecule has 0 aliphatic heterocycles. The zero-order valence-electron chi connectivity index (χ0n) is 17.3. The van der Waals surface area contributed by atoms with Crippen LogP contribution in [0.5, 0.6) is 0 Å². The van der Waals surface area contributed by atoms with Crippen LogP contribution in [0.25, 0.3) is 33.6 Å². The van der Waals surface area contributed by atoms with E-state index in [9.17, 15) is 0 Å². The fourth-order valence-corrected chi connectivity index (χ4v) is 4.38. The van der Waals surface area contributed by atoms with Gasteiger partial charge in [-0.25, -0.2) is 9.88 Å². The second kappa shape index (κ2) is 10.8. The van der Waals surface area contributed by atoms with Crippen LogP contribution in [0.15, 0.2) is 118 Å². The molecule has 0 unspecified atom stereocenters. The standard InChI is InChI=1S/C27H18N3S2.Pt/c31-24-13-5-4-11-21(24)22-17-20(18-29-27(22)19-9-2-1-3-10-19)23-12-8-15-26(30-23)32-25-14-6-7-16-28-25;/h1-16,18,31H;/q-1;+2/p-1. The molecule has 3 heterocycles. The van der Waals surface area contributed by atoms with Crippen molar-refractivity contribution in [3.8, 4) is 33.6 Å². The summed E-state index contributed by atoms with van der Waals surface area (Å²) in [7, 11) is 0. The Morgan fingerprint density at radius 3 is 2.27 bits per heavy atom. The summed E-state index contributed by atoms with van der Waals surface area (Å²) < 4.78 is 0. The minimum absolute atomic E-state index is 0. The molecule has 0 saturated heterocycles. The summed E-state index contributed by atoms with van der Waals surface area (Å²) >= 11 is 7.15. The van der Waals surface area contributed by atoms with Crippen LogP contribution >= 0.6 is 11.8 Å². The SMILES string of the molecule is [Pt+2].[S-]c1ccccc1-c1[c-]c(-c2cccc(Sc3ccccn3)n2)cnc1-c1ccccc1. The number of rotatable bonds is 5. The van der Waals surface area contributed by atoms with Crippen LogP contribution < -0.4 is 0 Å². The predicted octanol–water partition coefficient (Wildman–Crippen LogP) is 6.73. The van der Waals surface area contributed by atoms with Gasteiger partial charge in [-0.15, -0.1) is 6.07 Å². The van der Waals surface area contributed by atoms with Crippen molar-refractivity contribution in [1.29, 1.82) is 0 Å². The maximum absolute atomic E-state index is 5.62. The Morgan fingerprint density at radius 1 is 0.727 bits per heavy atom. The van der Waals surface area contributed by atoms with Gasteiger partial charge in [0.25, 0.3) is 0 Å². The monoisotopic (exact) mass is 642 g/mol. The number of nitrogens with zero attached hydrogens (tertiary/aromatic N) is 3. The van der Waals surface area contributed by atoms with Gasteiger partial charge in [0.1, 0.15) is 5.03 Å². The van der Waals surface area contributed by atoms with E-state index in [2.05, 4.69) is 11.1 Å². The molecule has 0 aliphatic carbocycles. The summed E-state index contributed by atoms with van der Waals surface area (Å²) in [6, 6.07) is 33.4. The van der Waals surface area contributed by atoms with E-state index in [1.54, 1.807) is 6.20 Å². The maximum Gasteiger partial charge on any atom is 2.00 e. The molecule has 3 aromatic heterocycles. The van der Waals surface area contributed by atoms with Gasteiger partial charge < -0.3 is 17.6 Å². The fraction of sp³-hybridized carbons (Fsp3) is 0. The van der Waals surface area contributed by atoms with Crippen molar-refractivity contribution in [1.82, 2.24) is 15.0 Å². The molecule has 0 aliphatic rings. The van der Waals surface area contributed by atoms with Gasteiger partial charge >= 0.3 is 21.1 Å². The van der Waals surface area contributed by atoms with Crippen LogP contribution in [0.4, 0.5) is 0 Å². The Bertz CT molecular complexity index is 1360. The van der Waals surface area contributed by atoms with Gasteiger partial charge in [0.05, 0.1) is 5.03 Å². The summed E-state index contributed by atoms with van der Waals surface area (Å²) in [6.45, 7) is 0. The molecule has 0 fully saturated rings. The topological polar surface area (TPSA) is 38.7 Å². The van der Waals surface area contributed by atoms with Crippen LogP contribution in [-0.2, 0) is 33.7 Å². The molecular weight excluding hydrogens is 626 g/mol. The number of hydrogen-bond donors (Lipinski definition) is 0. The van der Waals surface area contributed by atoms with Gasteiger partial charge in [0.2, 0.25) is 0 Å². The van der Waals surface area contributed by atoms with Crippen molar-refractivity contribution in [2.75, 3.05) is 0 Å². The van der Waals surface area contributed by atoms with Gasteiger partial charge in [0, 0.05) is 17.6 Å². The molecule has 5 aromatic rings. The summed E-state index contributed by atoms with van der Waals surface area (Å²) in [4.78, 5) is 14.8. The Morgan fingerprint density at radius 2 is 1.48 bits per heavy atom. The molecular formula is C27H17N3PtS2. The first-order chi connectivity index (χ1) is 15.8. The summed E-state index contributed by atoms with van der Waals surface area (Å²) in [6.07, 6.45) is 3.61. The molecule has 0 N–H and O–H groups in total. The van der Waals surface area contributed by atoms with Crippen LogP contribution in [-0.4, -0.2) is 15.0 Å². The maximum atomic E-state index is 5.62. The summed E-state index contributed by atoms with van der Waals surface area (Å²) in [5, 5.41) is 1.77. The van der Waals surface area contributed by atoms with Crippen molar-refractivity contribution in [2.24, 2.45) is 0 Å². The molecule has 33 heavy (non-hydrogen) atoms. The third-order valence-electron chi connectivity index (χ3n) is 4.87. The van der Waals surface area contributed by atoms with Crippen molar-refractivity contribution in [3.63, 3.8) is 0 Å². The van der Waals surface area contributed by atoms with E-state index in [1.165, 1.54) is 11.8 Å². The van der Waals surface area contributed by atoms with E-state index in [0.29, 0.717) is 0 Å². The van der Waals surface area contributed by atoms with E-state index in [4.69, 9.17) is 22.6 Å². The third kappa shape index (κ3) is 5.39. The zero-order chi connectivity index (χ0) is 21.8. The van der Waals surface area contributed by atoms with Crippen molar-refractivity contribution >= 4 is 24.4 Å². The van der Waals surface area contributed by atoms with Crippen molar-refractivity contribution < 1.29 is 21.1 Å².